The molecule has 1 aliphatic heterocycles. The lowest BCUT2D eigenvalue weighted by atomic mass is 10.1. The van der Waals surface area contributed by atoms with Crippen LogP contribution in [0.4, 0.5) is 20.2 Å². The van der Waals surface area contributed by atoms with Crippen molar-refractivity contribution < 1.29 is 18.4 Å². The van der Waals surface area contributed by atoms with Crippen molar-refractivity contribution in [2.24, 2.45) is 0 Å². The van der Waals surface area contributed by atoms with Crippen molar-refractivity contribution in [3.63, 3.8) is 0 Å². The topological polar surface area (TPSA) is 52.7 Å². The number of halogens is 2. The Morgan fingerprint density at radius 2 is 1.69 bits per heavy atom. The molecule has 0 saturated carbocycles. The Hall–Kier alpha value is -3.74. The van der Waals surface area contributed by atoms with Crippen LogP contribution in [0.5, 0.6) is 0 Å². The van der Waals surface area contributed by atoms with E-state index in [-0.39, 0.29) is 12.1 Å². The molecule has 1 heterocycles. The molecule has 7 heteroatoms. The normalized spacial score (nSPS) is 12.4. The molecule has 5 nitrogen and oxygen atoms in total. The van der Waals surface area contributed by atoms with Crippen LogP contribution in [-0.4, -0.2) is 30.3 Å². The lowest BCUT2D eigenvalue weighted by Crippen LogP contribution is -2.37. The van der Waals surface area contributed by atoms with E-state index < -0.39 is 23.4 Å². The summed E-state index contributed by atoms with van der Waals surface area (Å²) in [5, 5.41) is 2.69. The van der Waals surface area contributed by atoms with Crippen molar-refractivity contribution in [1.29, 1.82) is 0 Å². The summed E-state index contributed by atoms with van der Waals surface area (Å²) in [6.45, 7) is 1.39. The number of hydrogen-bond acceptors (Lipinski definition) is 3. The van der Waals surface area contributed by atoms with E-state index in [2.05, 4.69) is 22.3 Å². The van der Waals surface area contributed by atoms with Crippen molar-refractivity contribution in [2.75, 3.05) is 23.8 Å². The van der Waals surface area contributed by atoms with Gasteiger partial charge < -0.3 is 15.1 Å². The first-order valence-corrected chi connectivity index (χ1v) is 10.3. The maximum absolute atomic E-state index is 13.4. The van der Waals surface area contributed by atoms with Gasteiger partial charge in [-0.05, 0) is 47.4 Å². The number of nitrogens with one attached hydrogen (secondary N) is 1. The van der Waals surface area contributed by atoms with Crippen molar-refractivity contribution in [3.05, 3.63) is 95.1 Å². The maximum Gasteiger partial charge on any atom is 0.313 e. The fourth-order valence-corrected chi connectivity index (χ4v) is 3.95. The molecule has 0 radical (unpaired) electrons. The molecule has 0 atom stereocenters. The van der Waals surface area contributed by atoms with Gasteiger partial charge in [0, 0.05) is 44.1 Å². The van der Waals surface area contributed by atoms with Crippen LogP contribution in [-0.2, 0) is 29.1 Å². The van der Waals surface area contributed by atoms with E-state index in [0.29, 0.717) is 12.2 Å². The van der Waals surface area contributed by atoms with Gasteiger partial charge in [0.2, 0.25) is 0 Å². The Labute approximate surface area is 185 Å². The van der Waals surface area contributed by atoms with Gasteiger partial charge in [-0.25, -0.2) is 8.78 Å². The molecule has 0 fully saturated rings. The van der Waals surface area contributed by atoms with E-state index in [4.69, 9.17) is 0 Å². The Morgan fingerprint density at radius 3 is 2.47 bits per heavy atom. The van der Waals surface area contributed by atoms with Gasteiger partial charge in [-0.15, -0.1) is 0 Å². The van der Waals surface area contributed by atoms with Crippen LogP contribution in [0.2, 0.25) is 0 Å². The zero-order chi connectivity index (χ0) is 22.7. The van der Waals surface area contributed by atoms with Crippen molar-refractivity contribution in [2.45, 2.75) is 19.5 Å². The highest BCUT2D eigenvalue weighted by Crippen LogP contribution is 2.30. The first kappa shape index (κ1) is 21.5. The van der Waals surface area contributed by atoms with Crippen LogP contribution >= 0.6 is 0 Å². The zero-order valence-electron chi connectivity index (χ0n) is 17.6. The van der Waals surface area contributed by atoms with Gasteiger partial charge in [-0.2, -0.15) is 0 Å². The van der Waals surface area contributed by atoms with Crippen LogP contribution in [0.1, 0.15) is 16.7 Å². The number of amides is 2. The van der Waals surface area contributed by atoms with E-state index in [1.54, 1.807) is 12.1 Å². The largest absolute Gasteiger partial charge is 0.367 e. The van der Waals surface area contributed by atoms with E-state index in [9.17, 15) is 18.4 Å². The predicted octanol–water partition coefficient (Wildman–Crippen LogP) is 4.12. The van der Waals surface area contributed by atoms with Gasteiger partial charge in [0.05, 0.1) is 0 Å². The number of para-hydroxylation sites is 2. The molecule has 0 spiro atoms. The first-order valence-electron chi connectivity index (χ1n) is 10.3. The minimum absolute atomic E-state index is 0.0901. The highest BCUT2D eigenvalue weighted by molar-refractivity contribution is 6.39. The van der Waals surface area contributed by atoms with Gasteiger partial charge >= 0.3 is 11.8 Å². The van der Waals surface area contributed by atoms with Gasteiger partial charge in [-0.3, -0.25) is 9.59 Å². The van der Waals surface area contributed by atoms with Crippen LogP contribution in [0, 0.1) is 11.6 Å². The van der Waals surface area contributed by atoms with Crippen molar-refractivity contribution in [1.82, 2.24) is 4.90 Å². The number of fused-ring (bicyclic) bond motifs is 1. The molecule has 4 rings (SSSR count). The molecular formula is C25H23F2N3O2. The Balaban J connectivity index is 1.44. The summed E-state index contributed by atoms with van der Waals surface area (Å²) in [6.07, 6.45) is 0.967. The predicted molar refractivity (Wildman–Crippen MR) is 119 cm³/mol. The minimum atomic E-state index is -0.807. The Bertz CT molecular complexity index is 1150. The number of anilines is 2. The second-order valence-electron chi connectivity index (χ2n) is 7.85. The van der Waals surface area contributed by atoms with Gasteiger partial charge in [0.25, 0.3) is 0 Å². The fraction of sp³-hybridized carbons (Fsp3) is 0.200. The number of hydrogen-bond donors (Lipinski definition) is 1. The summed E-state index contributed by atoms with van der Waals surface area (Å²) in [5.74, 6) is -3.07. The quantitative estimate of drug-likeness (QED) is 0.614. The van der Waals surface area contributed by atoms with Gasteiger partial charge in [0.1, 0.15) is 11.6 Å². The van der Waals surface area contributed by atoms with E-state index in [1.807, 2.05) is 24.3 Å². The number of nitrogens with zero attached hydrogens (tertiary/aromatic N) is 2. The van der Waals surface area contributed by atoms with Gasteiger partial charge in [-0.1, -0.05) is 36.4 Å². The third kappa shape index (κ3) is 4.77. The smallest absolute Gasteiger partial charge is 0.313 e. The summed E-state index contributed by atoms with van der Waals surface area (Å²) in [4.78, 5) is 28.5. The van der Waals surface area contributed by atoms with E-state index in [1.165, 1.54) is 18.3 Å². The number of carbonyl (C=O) groups is 2. The lowest BCUT2D eigenvalue weighted by Gasteiger charge is -2.22. The molecule has 0 aromatic heterocycles. The average molecular weight is 435 g/mol. The monoisotopic (exact) mass is 435 g/mol. The molecule has 0 unspecified atom stereocenters. The maximum atomic E-state index is 13.4. The summed E-state index contributed by atoms with van der Waals surface area (Å²) >= 11 is 0. The molecule has 0 saturated heterocycles. The van der Waals surface area contributed by atoms with E-state index in [0.717, 1.165) is 41.6 Å². The summed E-state index contributed by atoms with van der Waals surface area (Å²) < 4.78 is 26.8. The van der Waals surface area contributed by atoms with Crippen LogP contribution in [0.3, 0.4) is 0 Å². The second-order valence-corrected chi connectivity index (χ2v) is 7.85. The molecular weight excluding hydrogens is 412 g/mol. The molecule has 3 aromatic rings. The SMILES string of the molecule is CN(Cc1cc(F)cc(F)c1)C(=O)C(=O)Nc1ccccc1CN1CCc2ccccc21. The highest BCUT2D eigenvalue weighted by Gasteiger charge is 2.22. The fourth-order valence-electron chi connectivity index (χ4n) is 3.95. The molecule has 1 aliphatic rings. The standard InChI is InChI=1S/C25H23F2N3O2/c1-29(15-17-12-20(26)14-21(27)13-17)25(32)24(31)28-22-8-4-2-7-19(22)16-30-11-10-18-6-3-5-9-23(18)30/h2-9,12-14H,10-11,15-16H2,1H3,(H,28,31). The third-order valence-electron chi connectivity index (χ3n) is 5.49. The van der Waals surface area contributed by atoms with Crippen LogP contribution in [0.25, 0.3) is 0 Å². The van der Waals surface area contributed by atoms with E-state index >= 15 is 0 Å². The number of rotatable bonds is 5. The first-order chi connectivity index (χ1) is 15.4. The Morgan fingerprint density at radius 1 is 1.00 bits per heavy atom. The lowest BCUT2D eigenvalue weighted by molar-refractivity contribution is -0.142. The molecule has 32 heavy (non-hydrogen) atoms. The summed E-state index contributed by atoms with van der Waals surface area (Å²) in [6, 6.07) is 18.6. The average Bonchev–Trinajstić information content (AvgIpc) is 3.16. The molecule has 164 valence electrons. The van der Waals surface area contributed by atoms with Gasteiger partial charge in [0.15, 0.2) is 0 Å². The molecule has 0 aliphatic carbocycles. The molecule has 3 aromatic carbocycles. The zero-order valence-corrected chi connectivity index (χ0v) is 17.6. The van der Waals surface area contributed by atoms with Crippen LogP contribution in [0.15, 0.2) is 66.7 Å². The number of benzene rings is 3. The van der Waals surface area contributed by atoms with Crippen LogP contribution < -0.4 is 10.2 Å². The third-order valence-corrected chi connectivity index (χ3v) is 5.49. The van der Waals surface area contributed by atoms with Crippen molar-refractivity contribution >= 4 is 23.2 Å². The highest BCUT2D eigenvalue weighted by atomic mass is 19.1. The molecule has 0 bridgehead atoms. The minimum Gasteiger partial charge on any atom is -0.367 e. The molecule has 1 N–H and O–H groups in total. The Kier molecular flexibility index (Phi) is 6.16. The number of carbonyl (C=O) groups excluding carboxylic acids is 2. The second kappa shape index (κ2) is 9.18. The van der Waals surface area contributed by atoms with Crippen molar-refractivity contribution in [3.8, 4) is 0 Å². The summed E-state index contributed by atoms with van der Waals surface area (Å²) in [7, 11) is 1.41. The molecule has 2 amide bonds. The number of likely N-dealkylation sites (N-methyl/N-ethyl adjacent to an activating group) is 1. The summed E-state index contributed by atoms with van der Waals surface area (Å²) in [5.41, 5.74) is 4.17.